The van der Waals surface area contributed by atoms with Crippen molar-refractivity contribution in [3.63, 3.8) is 0 Å². The fourth-order valence-corrected chi connectivity index (χ4v) is 3.44. The first-order chi connectivity index (χ1) is 12.0. The second-order valence-electron chi connectivity index (χ2n) is 6.68. The number of aliphatic carboxylic acids is 1. The summed E-state index contributed by atoms with van der Waals surface area (Å²) in [5, 5.41) is 9.55. The third-order valence-electron chi connectivity index (χ3n) is 4.94. The predicted octanol–water partition coefficient (Wildman–Crippen LogP) is 2.87. The number of rotatable bonds is 6. The molecule has 0 heterocycles. The van der Waals surface area contributed by atoms with E-state index in [1.165, 1.54) is 22.4 Å². The minimum absolute atomic E-state index is 0.165. The second kappa shape index (κ2) is 7.51. The van der Waals surface area contributed by atoms with Crippen LogP contribution in [0.4, 0.5) is 0 Å². The van der Waals surface area contributed by atoms with E-state index in [0.29, 0.717) is 6.42 Å². The molecule has 0 bridgehead atoms. The maximum Gasteiger partial charge on any atom is 0.326 e. The number of amides is 1. The maximum absolute atomic E-state index is 12.6. The summed E-state index contributed by atoms with van der Waals surface area (Å²) in [7, 11) is 1.58. The van der Waals surface area contributed by atoms with Crippen molar-refractivity contribution >= 4 is 11.9 Å². The quantitative estimate of drug-likeness (QED) is 0.882. The number of aryl methyl sites for hydroxylation is 2. The standard InChI is InChI=1S/C21H23NO3/c1-22(19(21(24)25)13-15-6-3-2-4-7-15)20(23)14-16-10-11-17-8-5-9-18(17)12-16/h2-4,6-7,10-12,19H,5,8-9,13-14H2,1H3,(H,24,25). The van der Waals surface area contributed by atoms with Crippen LogP contribution in [0.25, 0.3) is 0 Å². The third kappa shape index (κ3) is 4.08. The van der Waals surface area contributed by atoms with Gasteiger partial charge in [0.1, 0.15) is 6.04 Å². The molecule has 1 N–H and O–H groups in total. The zero-order chi connectivity index (χ0) is 17.8. The summed E-state index contributed by atoms with van der Waals surface area (Å²) < 4.78 is 0. The summed E-state index contributed by atoms with van der Waals surface area (Å²) in [4.78, 5) is 25.6. The van der Waals surface area contributed by atoms with Gasteiger partial charge in [0.25, 0.3) is 0 Å². The number of carbonyl (C=O) groups excluding carboxylic acids is 1. The number of benzene rings is 2. The average Bonchev–Trinajstić information content (AvgIpc) is 3.07. The monoisotopic (exact) mass is 337 g/mol. The summed E-state index contributed by atoms with van der Waals surface area (Å²) in [5.41, 5.74) is 4.57. The maximum atomic E-state index is 12.6. The molecule has 1 aliphatic carbocycles. The Balaban J connectivity index is 1.69. The van der Waals surface area contributed by atoms with Crippen LogP contribution in [-0.2, 0) is 35.3 Å². The van der Waals surface area contributed by atoms with Crippen molar-refractivity contribution < 1.29 is 14.7 Å². The van der Waals surface area contributed by atoms with E-state index in [1.54, 1.807) is 7.05 Å². The van der Waals surface area contributed by atoms with E-state index in [1.807, 2.05) is 36.4 Å². The zero-order valence-electron chi connectivity index (χ0n) is 14.4. The first kappa shape index (κ1) is 17.2. The molecule has 0 radical (unpaired) electrons. The summed E-state index contributed by atoms with van der Waals surface area (Å²) in [5.74, 6) is -1.14. The molecule has 0 saturated heterocycles. The van der Waals surface area contributed by atoms with Crippen molar-refractivity contribution in [1.29, 1.82) is 0 Å². The molecule has 2 aromatic carbocycles. The molecule has 25 heavy (non-hydrogen) atoms. The van der Waals surface area contributed by atoms with E-state index in [-0.39, 0.29) is 12.3 Å². The topological polar surface area (TPSA) is 57.6 Å². The minimum atomic E-state index is -0.978. The largest absolute Gasteiger partial charge is 0.480 e. The first-order valence-electron chi connectivity index (χ1n) is 8.67. The Morgan fingerprint density at radius 3 is 2.48 bits per heavy atom. The van der Waals surface area contributed by atoms with Gasteiger partial charge < -0.3 is 10.0 Å². The van der Waals surface area contributed by atoms with Gasteiger partial charge in [-0.3, -0.25) is 4.79 Å². The highest BCUT2D eigenvalue weighted by molar-refractivity contribution is 5.85. The van der Waals surface area contributed by atoms with Gasteiger partial charge in [0, 0.05) is 13.5 Å². The van der Waals surface area contributed by atoms with Crippen LogP contribution in [0.5, 0.6) is 0 Å². The van der Waals surface area contributed by atoms with Crippen molar-refractivity contribution in [3.05, 3.63) is 70.8 Å². The number of likely N-dealkylation sites (N-methyl/N-ethyl adjacent to an activating group) is 1. The van der Waals surface area contributed by atoms with E-state index in [9.17, 15) is 14.7 Å². The van der Waals surface area contributed by atoms with Crippen LogP contribution in [0.3, 0.4) is 0 Å². The molecule has 4 nitrogen and oxygen atoms in total. The van der Waals surface area contributed by atoms with E-state index in [2.05, 4.69) is 12.1 Å². The van der Waals surface area contributed by atoms with Gasteiger partial charge in [-0.2, -0.15) is 0 Å². The van der Waals surface area contributed by atoms with Crippen molar-refractivity contribution in [2.75, 3.05) is 7.05 Å². The average molecular weight is 337 g/mol. The Labute approximate surface area is 148 Å². The Morgan fingerprint density at radius 2 is 1.76 bits per heavy atom. The minimum Gasteiger partial charge on any atom is -0.480 e. The lowest BCUT2D eigenvalue weighted by molar-refractivity contribution is -0.148. The lowest BCUT2D eigenvalue weighted by Gasteiger charge is -2.25. The highest BCUT2D eigenvalue weighted by Gasteiger charge is 2.27. The van der Waals surface area contributed by atoms with Crippen molar-refractivity contribution in [1.82, 2.24) is 4.90 Å². The number of hydrogen-bond donors (Lipinski definition) is 1. The highest BCUT2D eigenvalue weighted by atomic mass is 16.4. The fraction of sp³-hybridized carbons (Fsp3) is 0.333. The molecule has 0 fully saturated rings. The highest BCUT2D eigenvalue weighted by Crippen LogP contribution is 2.23. The molecule has 1 unspecified atom stereocenters. The molecule has 1 amide bonds. The van der Waals surface area contributed by atoms with E-state index in [0.717, 1.165) is 24.0 Å². The number of nitrogens with zero attached hydrogens (tertiary/aromatic N) is 1. The molecule has 1 atom stereocenters. The molecule has 0 spiro atoms. The van der Waals surface area contributed by atoms with Crippen LogP contribution in [0, 0.1) is 0 Å². The van der Waals surface area contributed by atoms with Gasteiger partial charge in [0.05, 0.1) is 6.42 Å². The van der Waals surface area contributed by atoms with Crippen LogP contribution in [0.1, 0.15) is 28.7 Å². The summed E-state index contributed by atoms with van der Waals surface area (Å²) in [6.07, 6.45) is 3.90. The smallest absolute Gasteiger partial charge is 0.326 e. The fourth-order valence-electron chi connectivity index (χ4n) is 3.44. The lowest BCUT2D eigenvalue weighted by atomic mass is 10.0. The molecule has 0 aromatic heterocycles. The summed E-state index contributed by atoms with van der Waals surface area (Å²) in [6, 6.07) is 14.7. The van der Waals surface area contributed by atoms with E-state index >= 15 is 0 Å². The number of fused-ring (bicyclic) bond motifs is 1. The SMILES string of the molecule is CN(C(=O)Cc1ccc2c(c1)CCC2)C(Cc1ccccc1)C(=O)O. The van der Waals surface area contributed by atoms with Crippen LogP contribution in [0.15, 0.2) is 48.5 Å². The van der Waals surface area contributed by atoms with Crippen molar-refractivity contribution in [3.8, 4) is 0 Å². The molecular formula is C21H23NO3. The molecule has 0 saturated carbocycles. The number of carbonyl (C=O) groups is 2. The van der Waals surface area contributed by atoms with Gasteiger partial charge in [0.2, 0.25) is 5.91 Å². The van der Waals surface area contributed by atoms with Gasteiger partial charge in [-0.1, -0.05) is 48.5 Å². The van der Waals surface area contributed by atoms with Crippen LogP contribution < -0.4 is 0 Å². The van der Waals surface area contributed by atoms with Crippen molar-refractivity contribution in [2.45, 2.75) is 38.1 Å². The van der Waals surface area contributed by atoms with Gasteiger partial charge >= 0.3 is 5.97 Å². The van der Waals surface area contributed by atoms with Crippen molar-refractivity contribution in [2.24, 2.45) is 0 Å². The Bertz CT molecular complexity index is 770. The van der Waals surface area contributed by atoms with E-state index < -0.39 is 12.0 Å². The van der Waals surface area contributed by atoms with Crippen LogP contribution in [0.2, 0.25) is 0 Å². The summed E-state index contributed by atoms with van der Waals surface area (Å²) >= 11 is 0. The molecule has 3 rings (SSSR count). The first-order valence-corrected chi connectivity index (χ1v) is 8.67. The third-order valence-corrected chi connectivity index (χ3v) is 4.94. The van der Waals surface area contributed by atoms with Crippen LogP contribution in [-0.4, -0.2) is 35.0 Å². The molecule has 1 aliphatic rings. The molecule has 2 aromatic rings. The molecule has 4 heteroatoms. The zero-order valence-corrected chi connectivity index (χ0v) is 14.4. The molecular weight excluding hydrogens is 314 g/mol. The number of carboxylic acids is 1. The second-order valence-corrected chi connectivity index (χ2v) is 6.68. The predicted molar refractivity (Wildman–Crippen MR) is 96.5 cm³/mol. The van der Waals surface area contributed by atoms with Gasteiger partial charge in [0.15, 0.2) is 0 Å². The molecule has 130 valence electrons. The summed E-state index contributed by atoms with van der Waals surface area (Å²) in [6.45, 7) is 0. The van der Waals surface area contributed by atoms with Crippen LogP contribution >= 0.6 is 0 Å². The normalized spacial score (nSPS) is 14.0. The van der Waals surface area contributed by atoms with Gasteiger partial charge in [-0.05, 0) is 41.5 Å². The lowest BCUT2D eigenvalue weighted by Crippen LogP contribution is -2.44. The van der Waals surface area contributed by atoms with E-state index in [4.69, 9.17) is 0 Å². The van der Waals surface area contributed by atoms with Gasteiger partial charge in [-0.25, -0.2) is 4.79 Å². The molecule has 0 aliphatic heterocycles. The Kier molecular flexibility index (Phi) is 5.17. The number of hydrogen-bond acceptors (Lipinski definition) is 2. The Morgan fingerprint density at radius 1 is 1.04 bits per heavy atom. The van der Waals surface area contributed by atoms with Gasteiger partial charge in [-0.15, -0.1) is 0 Å². The number of carboxylic acid groups (broad SMARTS) is 1. The Hall–Kier alpha value is -2.62.